The van der Waals surface area contributed by atoms with E-state index >= 15 is 0 Å². The molecule has 1 fully saturated rings. The Kier molecular flexibility index (Phi) is 6.79. The molecule has 1 aromatic heterocycles. The molecule has 1 aliphatic heterocycles. The van der Waals surface area contributed by atoms with Crippen molar-refractivity contribution in [3.63, 3.8) is 0 Å². The first-order chi connectivity index (χ1) is 16.0. The summed E-state index contributed by atoms with van der Waals surface area (Å²) in [5, 5.41) is 5.83. The Labute approximate surface area is 192 Å². The van der Waals surface area contributed by atoms with Gasteiger partial charge in [-0.2, -0.15) is 0 Å². The van der Waals surface area contributed by atoms with Gasteiger partial charge in [-0.3, -0.25) is 9.59 Å². The van der Waals surface area contributed by atoms with Gasteiger partial charge in [0.25, 0.3) is 5.91 Å². The number of nitrogens with one attached hydrogen (secondary N) is 2. The standard InChI is InChI=1S/C24H28N4O5/c1-28-18-8-7-16(26-23(29)15-6-9-19(31-2)21(13-15)32-3)14-17(18)27-22(28)10-11-25-24(30)20-5-4-12-33-20/h6-9,13-14,20H,4-5,10-12H2,1-3H3,(H,25,30)(H,26,29). The lowest BCUT2D eigenvalue weighted by Gasteiger charge is -2.10. The van der Waals surface area contributed by atoms with Gasteiger partial charge < -0.3 is 29.4 Å². The van der Waals surface area contributed by atoms with Crippen LogP contribution in [-0.2, 0) is 23.0 Å². The van der Waals surface area contributed by atoms with E-state index in [1.807, 2.05) is 29.8 Å². The summed E-state index contributed by atoms with van der Waals surface area (Å²) in [4.78, 5) is 29.5. The predicted octanol–water partition coefficient (Wildman–Crippen LogP) is 2.68. The minimum Gasteiger partial charge on any atom is -0.493 e. The minimum absolute atomic E-state index is 0.0635. The van der Waals surface area contributed by atoms with Crippen LogP contribution < -0.4 is 20.1 Å². The van der Waals surface area contributed by atoms with Crippen LogP contribution >= 0.6 is 0 Å². The second-order valence-electron chi connectivity index (χ2n) is 7.86. The van der Waals surface area contributed by atoms with E-state index in [-0.39, 0.29) is 17.9 Å². The summed E-state index contributed by atoms with van der Waals surface area (Å²) < 4.78 is 17.9. The van der Waals surface area contributed by atoms with Crippen LogP contribution in [0.4, 0.5) is 5.69 Å². The molecule has 0 spiro atoms. The Morgan fingerprint density at radius 1 is 1.15 bits per heavy atom. The summed E-state index contributed by atoms with van der Waals surface area (Å²) in [5.74, 6) is 1.57. The van der Waals surface area contributed by atoms with E-state index in [0.29, 0.717) is 42.3 Å². The lowest BCUT2D eigenvalue weighted by molar-refractivity contribution is -0.130. The van der Waals surface area contributed by atoms with Gasteiger partial charge >= 0.3 is 0 Å². The van der Waals surface area contributed by atoms with Crippen molar-refractivity contribution in [2.45, 2.75) is 25.4 Å². The molecule has 2 aromatic carbocycles. The van der Waals surface area contributed by atoms with Gasteiger partial charge in [0.1, 0.15) is 11.9 Å². The van der Waals surface area contributed by atoms with Gasteiger partial charge in [0, 0.05) is 37.9 Å². The van der Waals surface area contributed by atoms with Gasteiger partial charge in [-0.1, -0.05) is 0 Å². The van der Waals surface area contributed by atoms with Crippen molar-refractivity contribution in [1.29, 1.82) is 0 Å². The number of rotatable bonds is 8. The summed E-state index contributed by atoms with van der Waals surface area (Å²) >= 11 is 0. The summed E-state index contributed by atoms with van der Waals surface area (Å²) in [7, 11) is 5.01. The zero-order valence-corrected chi connectivity index (χ0v) is 19.0. The van der Waals surface area contributed by atoms with Gasteiger partial charge in [-0.05, 0) is 49.2 Å². The monoisotopic (exact) mass is 452 g/mol. The molecule has 33 heavy (non-hydrogen) atoms. The lowest BCUT2D eigenvalue weighted by atomic mass is 10.1. The van der Waals surface area contributed by atoms with Crippen molar-refractivity contribution in [3.8, 4) is 11.5 Å². The van der Waals surface area contributed by atoms with Crippen molar-refractivity contribution >= 4 is 28.5 Å². The number of ether oxygens (including phenoxy) is 3. The molecule has 1 aliphatic rings. The van der Waals surface area contributed by atoms with Crippen LogP contribution in [0.2, 0.25) is 0 Å². The van der Waals surface area contributed by atoms with Crippen molar-refractivity contribution in [3.05, 3.63) is 47.8 Å². The molecule has 2 amide bonds. The number of amides is 2. The molecule has 0 bridgehead atoms. The quantitative estimate of drug-likeness (QED) is 0.545. The number of fused-ring (bicyclic) bond motifs is 1. The number of imidazole rings is 1. The third kappa shape index (κ3) is 4.93. The first-order valence-corrected chi connectivity index (χ1v) is 10.9. The highest BCUT2D eigenvalue weighted by molar-refractivity contribution is 6.05. The molecule has 2 N–H and O–H groups in total. The summed E-state index contributed by atoms with van der Waals surface area (Å²) in [6.45, 7) is 1.13. The molecule has 0 radical (unpaired) electrons. The maximum absolute atomic E-state index is 12.7. The Balaban J connectivity index is 1.42. The third-order valence-electron chi connectivity index (χ3n) is 5.75. The van der Waals surface area contributed by atoms with E-state index in [2.05, 4.69) is 15.6 Å². The predicted molar refractivity (Wildman–Crippen MR) is 124 cm³/mol. The number of methoxy groups -OCH3 is 2. The van der Waals surface area contributed by atoms with E-state index in [1.54, 1.807) is 25.3 Å². The molecule has 1 unspecified atom stereocenters. The molecule has 0 saturated carbocycles. The van der Waals surface area contributed by atoms with Gasteiger partial charge in [-0.15, -0.1) is 0 Å². The summed E-state index contributed by atoms with van der Waals surface area (Å²) in [6, 6.07) is 10.6. The molecule has 0 aliphatic carbocycles. The van der Waals surface area contributed by atoms with Crippen molar-refractivity contribution in [1.82, 2.24) is 14.9 Å². The summed E-state index contributed by atoms with van der Waals surface area (Å²) in [5.41, 5.74) is 2.80. The van der Waals surface area contributed by atoms with Crippen molar-refractivity contribution in [2.24, 2.45) is 7.05 Å². The molecule has 4 rings (SSSR count). The van der Waals surface area contributed by atoms with E-state index in [0.717, 1.165) is 29.7 Å². The molecule has 174 valence electrons. The van der Waals surface area contributed by atoms with Gasteiger partial charge in [0.2, 0.25) is 5.91 Å². The number of nitrogens with zero attached hydrogens (tertiary/aromatic N) is 2. The molecule has 3 aromatic rings. The van der Waals surface area contributed by atoms with Crippen LogP contribution in [0.1, 0.15) is 29.0 Å². The SMILES string of the molecule is COc1ccc(C(=O)Nc2ccc3c(c2)nc(CCNC(=O)C2CCCO2)n3C)cc1OC. The van der Waals surface area contributed by atoms with E-state index in [1.165, 1.54) is 7.11 Å². The van der Waals surface area contributed by atoms with Gasteiger partial charge in [0.05, 0.1) is 25.3 Å². The van der Waals surface area contributed by atoms with Crippen LogP contribution in [0, 0.1) is 0 Å². The number of hydrogen-bond donors (Lipinski definition) is 2. The van der Waals surface area contributed by atoms with Gasteiger partial charge in [0.15, 0.2) is 11.5 Å². The van der Waals surface area contributed by atoms with Crippen LogP contribution in [0.15, 0.2) is 36.4 Å². The second kappa shape index (κ2) is 9.91. The van der Waals surface area contributed by atoms with Gasteiger partial charge in [-0.25, -0.2) is 4.98 Å². The largest absolute Gasteiger partial charge is 0.493 e. The number of aromatic nitrogens is 2. The van der Waals surface area contributed by atoms with E-state index in [4.69, 9.17) is 14.2 Å². The smallest absolute Gasteiger partial charge is 0.255 e. The minimum atomic E-state index is -0.331. The molecule has 1 saturated heterocycles. The topological polar surface area (TPSA) is 104 Å². The maximum Gasteiger partial charge on any atom is 0.255 e. The number of carbonyl (C=O) groups is 2. The van der Waals surface area contributed by atoms with Crippen LogP contribution in [0.25, 0.3) is 11.0 Å². The Hall–Kier alpha value is -3.59. The average Bonchev–Trinajstić information content (AvgIpc) is 3.47. The highest BCUT2D eigenvalue weighted by atomic mass is 16.5. The fourth-order valence-electron chi connectivity index (χ4n) is 3.93. The van der Waals surface area contributed by atoms with E-state index < -0.39 is 0 Å². The Morgan fingerprint density at radius 3 is 2.70 bits per heavy atom. The fraction of sp³-hybridized carbons (Fsp3) is 0.375. The molecular weight excluding hydrogens is 424 g/mol. The molecule has 9 nitrogen and oxygen atoms in total. The average molecular weight is 453 g/mol. The molecule has 1 atom stereocenters. The maximum atomic E-state index is 12.7. The second-order valence-corrected chi connectivity index (χ2v) is 7.86. The fourth-order valence-corrected chi connectivity index (χ4v) is 3.93. The molecule has 2 heterocycles. The lowest BCUT2D eigenvalue weighted by Crippen LogP contribution is -2.35. The number of benzene rings is 2. The van der Waals surface area contributed by atoms with Crippen LogP contribution in [0.5, 0.6) is 11.5 Å². The number of anilines is 1. The van der Waals surface area contributed by atoms with Crippen molar-refractivity contribution < 1.29 is 23.8 Å². The molecule has 9 heteroatoms. The molecular formula is C24H28N4O5. The first-order valence-electron chi connectivity index (χ1n) is 10.9. The Morgan fingerprint density at radius 2 is 1.97 bits per heavy atom. The first kappa shape index (κ1) is 22.6. The van der Waals surface area contributed by atoms with E-state index in [9.17, 15) is 9.59 Å². The number of hydrogen-bond acceptors (Lipinski definition) is 6. The Bertz CT molecular complexity index is 1170. The third-order valence-corrected chi connectivity index (χ3v) is 5.75. The van der Waals surface area contributed by atoms with Crippen molar-refractivity contribution in [2.75, 3.05) is 32.7 Å². The van der Waals surface area contributed by atoms with Crippen LogP contribution in [-0.4, -0.2) is 54.8 Å². The number of aryl methyl sites for hydroxylation is 1. The number of carbonyl (C=O) groups excluding carboxylic acids is 2. The zero-order valence-electron chi connectivity index (χ0n) is 19.0. The zero-order chi connectivity index (χ0) is 23.4. The highest BCUT2D eigenvalue weighted by Gasteiger charge is 2.23. The highest BCUT2D eigenvalue weighted by Crippen LogP contribution is 2.28. The normalized spacial score (nSPS) is 15.4. The van der Waals surface area contributed by atoms with Crippen LogP contribution in [0.3, 0.4) is 0 Å². The summed E-state index contributed by atoms with van der Waals surface area (Å²) in [6.07, 6.45) is 1.96.